The summed E-state index contributed by atoms with van der Waals surface area (Å²) >= 11 is 0. The van der Waals surface area contributed by atoms with Gasteiger partial charge in [-0.2, -0.15) is 0 Å². The van der Waals surface area contributed by atoms with Crippen molar-refractivity contribution in [2.24, 2.45) is 5.92 Å². The first kappa shape index (κ1) is 17.5. The van der Waals surface area contributed by atoms with Gasteiger partial charge in [-0.1, -0.05) is 25.1 Å². The Morgan fingerprint density at radius 1 is 1.26 bits per heavy atom. The first-order valence-electron chi connectivity index (χ1n) is 8.35. The highest BCUT2D eigenvalue weighted by Gasteiger charge is 2.21. The number of carbonyl (C=O) groups excluding carboxylic acids is 2. The number of hydrogen-bond acceptors (Lipinski definition) is 3. The van der Waals surface area contributed by atoms with Gasteiger partial charge in [-0.15, -0.1) is 0 Å². The lowest BCUT2D eigenvalue weighted by molar-refractivity contribution is -0.127. The molecule has 0 unspecified atom stereocenters. The Morgan fingerprint density at radius 2 is 1.96 bits per heavy atom. The number of anilines is 1. The molecule has 1 aromatic carbocycles. The molecule has 1 aromatic rings. The molecule has 0 radical (unpaired) electrons. The smallest absolute Gasteiger partial charge is 0.223 e. The van der Waals surface area contributed by atoms with E-state index in [0.29, 0.717) is 26.3 Å². The Bertz CT molecular complexity index is 539. The fraction of sp³-hybridized carbons (Fsp3) is 0.556. The van der Waals surface area contributed by atoms with Crippen molar-refractivity contribution in [2.75, 3.05) is 31.2 Å². The van der Waals surface area contributed by atoms with Crippen LogP contribution in [0.4, 0.5) is 5.69 Å². The molecule has 1 aliphatic rings. The lowest BCUT2D eigenvalue weighted by Crippen LogP contribution is -2.41. The van der Waals surface area contributed by atoms with Crippen molar-refractivity contribution in [3.63, 3.8) is 0 Å². The average Bonchev–Trinajstić information content (AvgIpc) is 2.59. The number of nitrogens with one attached hydrogen (secondary N) is 1. The summed E-state index contributed by atoms with van der Waals surface area (Å²) in [7, 11) is 0. The van der Waals surface area contributed by atoms with Gasteiger partial charge in [0.05, 0.1) is 0 Å². The van der Waals surface area contributed by atoms with E-state index in [2.05, 4.69) is 12.2 Å². The zero-order valence-corrected chi connectivity index (χ0v) is 14.0. The van der Waals surface area contributed by atoms with Crippen molar-refractivity contribution < 1.29 is 14.3 Å². The highest BCUT2D eigenvalue weighted by Crippen LogP contribution is 2.21. The van der Waals surface area contributed by atoms with E-state index in [-0.39, 0.29) is 17.7 Å². The Morgan fingerprint density at radius 3 is 2.61 bits per heavy atom. The zero-order valence-electron chi connectivity index (χ0n) is 14.0. The first-order chi connectivity index (χ1) is 11.1. The van der Waals surface area contributed by atoms with Gasteiger partial charge in [-0.05, 0) is 30.9 Å². The number of carbonyl (C=O) groups is 2. The van der Waals surface area contributed by atoms with Gasteiger partial charge in [0.25, 0.3) is 0 Å². The third kappa shape index (κ3) is 4.79. The van der Waals surface area contributed by atoms with Gasteiger partial charge < -0.3 is 15.0 Å². The number of hydrogen-bond donors (Lipinski definition) is 1. The Kier molecular flexibility index (Phi) is 6.59. The van der Waals surface area contributed by atoms with Crippen LogP contribution in [0.25, 0.3) is 0 Å². The summed E-state index contributed by atoms with van der Waals surface area (Å²) in [6.45, 7) is 5.90. The number of ether oxygens (including phenoxy) is 1. The van der Waals surface area contributed by atoms with Crippen LogP contribution in [-0.2, 0) is 20.7 Å². The van der Waals surface area contributed by atoms with E-state index in [1.54, 1.807) is 11.8 Å². The first-order valence-corrected chi connectivity index (χ1v) is 8.35. The third-order valence-corrected chi connectivity index (χ3v) is 4.27. The third-order valence-electron chi connectivity index (χ3n) is 4.27. The maximum absolute atomic E-state index is 12.1. The van der Waals surface area contributed by atoms with Crippen LogP contribution >= 0.6 is 0 Å². The Hall–Kier alpha value is -1.88. The van der Waals surface area contributed by atoms with Crippen molar-refractivity contribution in [1.82, 2.24) is 5.32 Å². The second-order valence-corrected chi connectivity index (χ2v) is 5.83. The molecule has 0 atom stereocenters. The monoisotopic (exact) mass is 318 g/mol. The molecule has 0 spiro atoms. The minimum atomic E-state index is -0.00813. The molecule has 1 fully saturated rings. The van der Waals surface area contributed by atoms with Gasteiger partial charge in [0, 0.05) is 44.8 Å². The second-order valence-electron chi connectivity index (χ2n) is 5.83. The minimum absolute atomic E-state index is 0.00813. The van der Waals surface area contributed by atoms with Crippen LogP contribution in [0.15, 0.2) is 24.3 Å². The van der Waals surface area contributed by atoms with Gasteiger partial charge in [0.15, 0.2) is 0 Å². The number of rotatable bonds is 6. The van der Waals surface area contributed by atoms with Crippen molar-refractivity contribution in [3.8, 4) is 0 Å². The van der Waals surface area contributed by atoms with Gasteiger partial charge in [-0.25, -0.2) is 0 Å². The van der Waals surface area contributed by atoms with Crippen molar-refractivity contribution in [2.45, 2.75) is 33.1 Å². The second kappa shape index (κ2) is 8.67. The van der Waals surface area contributed by atoms with Crippen molar-refractivity contribution >= 4 is 17.5 Å². The predicted molar refractivity (Wildman–Crippen MR) is 90.4 cm³/mol. The summed E-state index contributed by atoms with van der Waals surface area (Å²) in [5.74, 6) is 0.101. The quantitative estimate of drug-likeness (QED) is 0.874. The summed E-state index contributed by atoms with van der Waals surface area (Å²) in [5, 5.41) is 2.96. The van der Waals surface area contributed by atoms with Crippen LogP contribution in [-0.4, -0.2) is 38.1 Å². The largest absolute Gasteiger partial charge is 0.381 e. The average molecular weight is 318 g/mol. The topological polar surface area (TPSA) is 58.6 Å². The van der Waals surface area contributed by atoms with E-state index in [1.165, 1.54) is 0 Å². The van der Waals surface area contributed by atoms with Crippen LogP contribution in [0.5, 0.6) is 0 Å². The molecule has 2 amide bonds. The maximum Gasteiger partial charge on any atom is 0.223 e. The Labute approximate surface area is 138 Å². The van der Waals surface area contributed by atoms with Gasteiger partial charge in [0.1, 0.15) is 0 Å². The molecule has 5 heteroatoms. The Balaban J connectivity index is 1.92. The molecule has 0 bridgehead atoms. The van der Waals surface area contributed by atoms with E-state index in [4.69, 9.17) is 4.74 Å². The standard InChI is InChI=1S/C18H26N2O3/c1-3-15-6-4-5-7-17(15)20(14(2)21)11-10-19-18(22)16-8-12-23-13-9-16/h4-7,16H,3,8-13H2,1-2H3,(H,19,22). The summed E-state index contributed by atoms with van der Waals surface area (Å²) in [6, 6.07) is 7.91. The van der Waals surface area contributed by atoms with Gasteiger partial charge in [-0.3, -0.25) is 9.59 Å². The summed E-state index contributed by atoms with van der Waals surface area (Å²) in [5.41, 5.74) is 2.07. The lowest BCUT2D eigenvalue weighted by Gasteiger charge is -2.25. The summed E-state index contributed by atoms with van der Waals surface area (Å²) < 4.78 is 5.27. The molecule has 126 valence electrons. The predicted octanol–water partition coefficient (Wildman–Crippen LogP) is 2.14. The molecule has 2 rings (SSSR count). The molecule has 1 heterocycles. The number of para-hydroxylation sites is 1. The number of nitrogens with zero attached hydrogens (tertiary/aromatic N) is 1. The fourth-order valence-electron chi connectivity index (χ4n) is 2.92. The molecule has 5 nitrogen and oxygen atoms in total. The van der Waals surface area contributed by atoms with E-state index >= 15 is 0 Å². The molecular formula is C18H26N2O3. The summed E-state index contributed by atoms with van der Waals surface area (Å²) in [4.78, 5) is 25.9. The van der Waals surface area contributed by atoms with Crippen LogP contribution in [0.2, 0.25) is 0 Å². The van der Waals surface area contributed by atoms with E-state index in [9.17, 15) is 9.59 Å². The molecule has 0 aliphatic carbocycles. The molecule has 23 heavy (non-hydrogen) atoms. The summed E-state index contributed by atoms with van der Waals surface area (Å²) in [6.07, 6.45) is 2.43. The minimum Gasteiger partial charge on any atom is -0.381 e. The van der Waals surface area contributed by atoms with Crippen molar-refractivity contribution in [1.29, 1.82) is 0 Å². The highest BCUT2D eigenvalue weighted by atomic mass is 16.5. The number of benzene rings is 1. The van der Waals surface area contributed by atoms with E-state index in [1.807, 2.05) is 24.3 Å². The maximum atomic E-state index is 12.1. The van der Waals surface area contributed by atoms with E-state index in [0.717, 1.165) is 30.5 Å². The molecule has 0 aromatic heterocycles. The van der Waals surface area contributed by atoms with Crippen LogP contribution in [0.3, 0.4) is 0 Å². The van der Waals surface area contributed by atoms with Crippen molar-refractivity contribution in [3.05, 3.63) is 29.8 Å². The van der Waals surface area contributed by atoms with Gasteiger partial charge >= 0.3 is 0 Å². The lowest BCUT2D eigenvalue weighted by atomic mass is 9.99. The molecule has 0 saturated carbocycles. The van der Waals surface area contributed by atoms with E-state index < -0.39 is 0 Å². The van der Waals surface area contributed by atoms with Crippen LogP contribution in [0.1, 0.15) is 32.3 Å². The van der Waals surface area contributed by atoms with Crippen LogP contribution < -0.4 is 10.2 Å². The normalized spacial score (nSPS) is 15.2. The molecule has 1 saturated heterocycles. The number of amides is 2. The molecule has 1 aliphatic heterocycles. The molecule has 1 N–H and O–H groups in total. The van der Waals surface area contributed by atoms with Gasteiger partial charge in [0.2, 0.25) is 11.8 Å². The fourth-order valence-corrected chi connectivity index (χ4v) is 2.92. The highest BCUT2D eigenvalue weighted by molar-refractivity contribution is 5.92. The zero-order chi connectivity index (χ0) is 16.7. The van der Waals surface area contributed by atoms with Crippen LogP contribution in [0, 0.1) is 5.92 Å². The number of aryl methyl sites for hydroxylation is 1. The SMILES string of the molecule is CCc1ccccc1N(CCNC(=O)C1CCOCC1)C(C)=O. The molecular weight excluding hydrogens is 292 g/mol.